The van der Waals surface area contributed by atoms with Crippen molar-refractivity contribution in [1.82, 2.24) is 0 Å². The van der Waals surface area contributed by atoms with E-state index >= 15 is 0 Å². The molecule has 0 bridgehead atoms. The first-order chi connectivity index (χ1) is 11.2. The van der Waals surface area contributed by atoms with Crippen molar-refractivity contribution in [2.24, 2.45) is 0 Å². The summed E-state index contributed by atoms with van der Waals surface area (Å²) in [4.78, 5) is 1.98. The number of fused-ring (bicyclic) bond motifs is 1. The molecule has 1 aromatic heterocycles. The molecule has 0 saturated carbocycles. The van der Waals surface area contributed by atoms with Gasteiger partial charge >= 0.3 is 0 Å². The van der Waals surface area contributed by atoms with E-state index in [0.29, 0.717) is 18.7 Å². The van der Waals surface area contributed by atoms with Gasteiger partial charge in [0, 0.05) is 30.4 Å². The highest BCUT2D eigenvalue weighted by atomic mass is 19.1. The molecule has 0 spiro atoms. The Morgan fingerprint density at radius 1 is 1.13 bits per heavy atom. The van der Waals surface area contributed by atoms with E-state index in [0.717, 1.165) is 22.5 Å². The van der Waals surface area contributed by atoms with Gasteiger partial charge in [0.15, 0.2) is 0 Å². The molecule has 2 aromatic carbocycles. The Morgan fingerprint density at radius 2 is 1.91 bits per heavy atom. The first-order valence-corrected chi connectivity index (χ1v) is 7.49. The number of hydrogen-bond acceptors (Lipinski definition) is 4. The number of benzene rings is 2. The molecule has 0 atom stereocenters. The summed E-state index contributed by atoms with van der Waals surface area (Å²) in [5, 5.41) is 13.0. The van der Waals surface area contributed by atoms with E-state index in [1.54, 1.807) is 6.07 Å². The summed E-state index contributed by atoms with van der Waals surface area (Å²) in [6.07, 6.45) is 0. The summed E-state index contributed by atoms with van der Waals surface area (Å²) in [7, 11) is 1.94. The molecule has 0 unspecified atom stereocenters. The standard InChI is InChI=1S/C18H19FN2O2/c1-21(8-9-22)16-5-3-15(4-6-16)20-12-17-11-13-10-14(19)2-7-18(13)23-17/h2-7,10-11,20,22H,8-9,12H2,1H3. The van der Waals surface area contributed by atoms with Crippen LogP contribution in [0.25, 0.3) is 11.0 Å². The molecule has 0 aliphatic heterocycles. The zero-order valence-corrected chi connectivity index (χ0v) is 12.9. The molecule has 0 radical (unpaired) electrons. The molecule has 0 amide bonds. The van der Waals surface area contributed by atoms with Crippen LogP contribution >= 0.6 is 0 Å². The molecule has 4 nitrogen and oxygen atoms in total. The number of aliphatic hydroxyl groups excluding tert-OH is 1. The molecule has 0 aliphatic rings. The molecule has 5 heteroatoms. The molecule has 3 aromatic rings. The average molecular weight is 314 g/mol. The fraction of sp³-hybridized carbons (Fsp3) is 0.222. The minimum Gasteiger partial charge on any atom is -0.459 e. The predicted octanol–water partition coefficient (Wildman–Crippen LogP) is 3.61. The topological polar surface area (TPSA) is 48.6 Å². The third-order valence-corrected chi connectivity index (χ3v) is 3.74. The summed E-state index contributed by atoms with van der Waals surface area (Å²) >= 11 is 0. The van der Waals surface area contributed by atoms with Crippen molar-refractivity contribution in [3.8, 4) is 0 Å². The van der Waals surface area contributed by atoms with Gasteiger partial charge in [-0.2, -0.15) is 0 Å². The van der Waals surface area contributed by atoms with Crippen LogP contribution in [-0.2, 0) is 6.54 Å². The molecule has 1 heterocycles. The minimum atomic E-state index is -0.264. The van der Waals surface area contributed by atoms with Gasteiger partial charge in [-0.05, 0) is 48.5 Å². The number of rotatable bonds is 6. The van der Waals surface area contributed by atoms with E-state index < -0.39 is 0 Å². The van der Waals surface area contributed by atoms with Gasteiger partial charge in [-0.25, -0.2) is 4.39 Å². The van der Waals surface area contributed by atoms with Gasteiger partial charge in [0.2, 0.25) is 0 Å². The zero-order valence-electron chi connectivity index (χ0n) is 12.9. The van der Waals surface area contributed by atoms with E-state index in [2.05, 4.69) is 5.32 Å². The van der Waals surface area contributed by atoms with Crippen LogP contribution in [0.1, 0.15) is 5.76 Å². The van der Waals surface area contributed by atoms with Crippen LogP contribution in [0.15, 0.2) is 52.9 Å². The van der Waals surface area contributed by atoms with E-state index in [1.807, 2.05) is 42.3 Å². The maximum atomic E-state index is 13.2. The first kappa shape index (κ1) is 15.4. The van der Waals surface area contributed by atoms with Crippen LogP contribution in [0.3, 0.4) is 0 Å². The van der Waals surface area contributed by atoms with E-state index in [-0.39, 0.29) is 12.4 Å². The van der Waals surface area contributed by atoms with Crippen LogP contribution < -0.4 is 10.2 Å². The number of hydrogen-bond donors (Lipinski definition) is 2. The van der Waals surface area contributed by atoms with Gasteiger partial charge < -0.3 is 19.7 Å². The van der Waals surface area contributed by atoms with Crippen LogP contribution in [0.2, 0.25) is 0 Å². The van der Waals surface area contributed by atoms with E-state index in [1.165, 1.54) is 12.1 Å². The number of halogens is 1. The normalized spacial score (nSPS) is 10.9. The number of anilines is 2. The lowest BCUT2D eigenvalue weighted by molar-refractivity contribution is 0.304. The van der Waals surface area contributed by atoms with E-state index in [9.17, 15) is 4.39 Å². The Morgan fingerprint density at radius 3 is 2.65 bits per heavy atom. The van der Waals surface area contributed by atoms with Gasteiger partial charge in [0.25, 0.3) is 0 Å². The first-order valence-electron chi connectivity index (χ1n) is 7.49. The lowest BCUT2D eigenvalue weighted by Gasteiger charge is -2.18. The Balaban J connectivity index is 1.65. The van der Waals surface area contributed by atoms with Crippen LogP contribution in [-0.4, -0.2) is 25.3 Å². The Labute approximate surface area is 134 Å². The summed E-state index contributed by atoms with van der Waals surface area (Å²) in [5.41, 5.74) is 2.70. The van der Waals surface area contributed by atoms with Crippen LogP contribution in [0, 0.1) is 5.82 Å². The van der Waals surface area contributed by atoms with Crippen molar-refractivity contribution < 1.29 is 13.9 Å². The molecule has 120 valence electrons. The number of likely N-dealkylation sites (N-methyl/N-ethyl adjacent to an activating group) is 1. The second-order valence-corrected chi connectivity index (χ2v) is 5.44. The van der Waals surface area contributed by atoms with Gasteiger partial charge in [-0.3, -0.25) is 0 Å². The summed E-state index contributed by atoms with van der Waals surface area (Å²) in [6.45, 7) is 1.26. The lowest BCUT2D eigenvalue weighted by Crippen LogP contribution is -2.20. The molecular weight excluding hydrogens is 295 g/mol. The van der Waals surface area contributed by atoms with Crippen molar-refractivity contribution >= 4 is 22.3 Å². The zero-order chi connectivity index (χ0) is 16.2. The fourth-order valence-corrected chi connectivity index (χ4v) is 2.46. The Kier molecular flexibility index (Phi) is 4.48. The van der Waals surface area contributed by atoms with Gasteiger partial charge in [-0.15, -0.1) is 0 Å². The van der Waals surface area contributed by atoms with Crippen molar-refractivity contribution in [2.45, 2.75) is 6.54 Å². The van der Waals surface area contributed by atoms with Gasteiger partial charge in [0.1, 0.15) is 17.2 Å². The minimum absolute atomic E-state index is 0.128. The highest BCUT2D eigenvalue weighted by Gasteiger charge is 2.05. The number of aliphatic hydroxyl groups is 1. The maximum Gasteiger partial charge on any atom is 0.134 e. The second kappa shape index (κ2) is 6.71. The summed E-state index contributed by atoms with van der Waals surface area (Å²) in [5.74, 6) is 0.493. The van der Waals surface area contributed by atoms with Crippen molar-refractivity contribution in [2.75, 3.05) is 30.4 Å². The molecule has 0 aliphatic carbocycles. The monoisotopic (exact) mass is 314 g/mol. The molecular formula is C18H19FN2O2. The lowest BCUT2D eigenvalue weighted by atomic mass is 10.2. The van der Waals surface area contributed by atoms with E-state index in [4.69, 9.17) is 9.52 Å². The molecule has 0 saturated heterocycles. The maximum absolute atomic E-state index is 13.2. The highest BCUT2D eigenvalue weighted by molar-refractivity contribution is 5.77. The Hall–Kier alpha value is -2.53. The molecule has 23 heavy (non-hydrogen) atoms. The number of nitrogens with zero attached hydrogens (tertiary/aromatic N) is 1. The van der Waals surface area contributed by atoms with Gasteiger partial charge in [-0.1, -0.05) is 0 Å². The fourth-order valence-electron chi connectivity index (χ4n) is 2.46. The average Bonchev–Trinajstić information content (AvgIpc) is 2.95. The molecule has 3 rings (SSSR count). The highest BCUT2D eigenvalue weighted by Crippen LogP contribution is 2.22. The van der Waals surface area contributed by atoms with Crippen molar-refractivity contribution in [3.63, 3.8) is 0 Å². The SMILES string of the molecule is CN(CCO)c1ccc(NCc2cc3cc(F)ccc3o2)cc1. The summed E-state index contributed by atoms with van der Waals surface area (Å²) < 4.78 is 18.9. The third-order valence-electron chi connectivity index (χ3n) is 3.74. The van der Waals surface area contributed by atoms with Crippen molar-refractivity contribution in [1.29, 1.82) is 0 Å². The van der Waals surface area contributed by atoms with Crippen LogP contribution in [0.5, 0.6) is 0 Å². The molecule has 0 fully saturated rings. The van der Waals surface area contributed by atoms with Crippen LogP contribution in [0.4, 0.5) is 15.8 Å². The van der Waals surface area contributed by atoms with Gasteiger partial charge in [0.05, 0.1) is 13.2 Å². The predicted molar refractivity (Wildman–Crippen MR) is 90.3 cm³/mol. The number of nitrogens with one attached hydrogen (secondary N) is 1. The number of furan rings is 1. The smallest absolute Gasteiger partial charge is 0.134 e. The third kappa shape index (κ3) is 3.63. The molecule has 2 N–H and O–H groups in total. The quantitative estimate of drug-likeness (QED) is 0.730. The summed E-state index contributed by atoms with van der Waals surface area (Å²) in [6, 6.07) is 14.3. The largest absolute Gasteiger partial charge is 0.459 e. The second-order valence-electron chi connectivity index (χ2n) is 5.44. The Bertz CT molecular complexity index is 783. The van der Waals surface area contributed by atoms with Crippen molar-refractivity contribution in [3.05, 3.63) is 60.1 Å².